The predicted molar refractivity (Wildman–Crippen MR) is 115 cm³/mol. The molecule has 4 heterocycles. The van der Waals surface area contributed by atoms with Crippen molar-refractivity contribution in [3.05, 3.63) is 71.9 Å². The van der Waals surface area contributed by atoms with Gasteiger partial charge in [0.25, 0.3) is 5.88 Å². The van der Waals surface area contributed by atoms with Gasteiger partial charge < -0.3 is 18.9 Å². The third-order valence-corrected chi connectivity index (χ3v) is 4.72. The van der Waals surface area contributed by atoms with Gasteiger partial charge in [0.2, 0.25) is 0 Å². The highest BCUT2D eigenvalue weighted by Gasteiger charge is 2.18. The molecule has 0 amide bonds. The van der Waals surface area contributed by atoms with Gasteiger partial charge >= 0.3 is 0 Å². The zero-order valence-electron chi connectivity index (χ0n) is 17.7. The average molecular weight is 432 g/mol. The van der Waals surface area contributed by atoms with Gasteiger partial charge in [0.1, 0.15) is 23.6 Å². The van der Waals surface area contributed by atoms with Crippen molar-refractivity contribution in [1.82, 2.24) is 19.9 Å². The topological polar surface area (TPSA) is 106 Å². The lowest BCUT2D eigenvalue weighted by Crippen LogP contribution is -2.07. The number of carbonyl (C=O) groups excluding carboxylic acids is 1. The fraction of sp³-hybridized carbons (Fsp3) is 0.174. The van der Waals surface area contributed by atoms with E-state index < -0.39 is 0 Å². The van der Waals surface area contributed by atoms with Crippen LogP contribution in [0.15, 0.2) is 55.1 Å². The first-order chi connectivity index (χ1) is 15.6. The molecular formula is C23H20N4O5. The number of pyridine rings is 4. The van der Waals surface area contributed by atoms with Crippen molar-refractivity contribution in [2.75, 3.05) is 21.3 Å². The van der Waals surface area contributed by atoms with Crippen molar-refractivity contribution >= 4 is 16.8 Å². The zero-order chi connectivity index (χ0) is 22.5. The number of nitrogens with zero attached hydrogens (tertiary/aromatic N) is 4. The summed E-state index contributed by atoms with van der Waals surface area (Å²) in [5.41, 5.74) is 2.46. The van der Waals surface area contributed by atoms with Gasteiger partial charge in [-0.25, -0.2) is 9.97 Å². The van der Waals surface area contributed by atoms with Crippen molar-refractivity contribution in [2.24, 2.45) is 0 Å². The van der Waals surface area contributed by atoms with Gasteiger partial charge in [0.15, 0.2) is 11.5 Å². The van der Waals surface area contributed by atoms with Gasteiger partial charge in [0, 0.05) is 24.0 Å². The number of aromatic nitrogens is 4. The zero-order valence-corrected chi connectivity index (χ0v) is 17.7. The second-order valence-corrected chi connectivity index (χ2v) is 6.64. The van der Waals surface area contributed by atoms with Crippen LogP contribution in [-0.2, 0) is 6.61 Å². The van der Waals surface area contributed by atoms with E-state index in [-0.39, 0.29) is 18.3 Å². The summed E-state index contributed by atoms with van der Waals surface area (Å²) < 4.78 is 21.4. The largest absolute Gasteiger partial charge is 0.495 e. The number of methoxy groups -OCH3 is 3. The van der Waals surface area contributed by atoms with Crippen LogP contribution in [0.4, 0.5) is 0 Å². The highest BCUT2D eigenvalue weighted by atomic mass is 16.5. The van der Waals surface area contributed by atoms with Crippen LogP contribution in [-0.4, -0.2) is 47.0 Å². The predicted octanol–water partition coefficient (Wildman–Crippen LogP) is 3.26. The third-order valence-electron chi connectivity index (χ3n) is 4.72. The molecule has 9 nitrogen and oxygen atoms in total. The molecule has 4 aromatic heterocycles. The molecule has 0 N–H and O–H groups in total. The van der Waals surface area contributed by atoms with Gasteiger partial charge in [-0.2, -0.15) is 0 Å². The van der Waals surface area contributed by atoms with Gasteiger partial charge in [-0.05, 0) is 24.3 Å². The molecule has 9 heteroatoms. The highest BCUT2D eigenvalue weighted by molar-refractivity contribution is 6.15. The van der Waals surface area contributed by atoms with Crippen LogP contribution in [0.3, 0.4) is 0 Å². The van der Waals surface area contributed by atoms with E-state index in [1.165, 1.54) is 13.3 Å². The monoisotopic (exact) mass is 432 g/mol. The lowest BCUT2D eigenvalue weighted by molar-refractivity contribution is 0.103. The van der Waals surface area contributed by atoms with E-state index in [1.807, 2.05) is 0 Å². The number of ether oxygens (including phenoxy) is 4. The van der Waals surface area contributed by atoms with E-state index >= 15 is 0 Å². The van der Waals surface area contributed by atoms with E-state index in [1.54, 1.807) is 63.1 Å². The molecule has 4 aromatic rings. The summed E-state index contributed by atoms with van der Waals surface area (Å²) >= 11 is 0. The van der Waals surface area contributed by atoms with Crippen LogP contribution >= 0.6 is 0 Å². The van der Waals surface area contributed by atoms with Gasteiger partial charge in [-0.15, -0.1) is 0 Å². The van der Waals surface area contributed by atoms with E-state index in [9.17, 15) is 4.79 Å². The molecule has 0 fully saturated rings. The Balaban J connectivity index is 1.58. The molecule has 4 rings (SSSR count). The average Bonchev–Trinajstić information content (AvgIpc) is 2.86. The summed E-state index contributed by atoms with van der Waals surface area (Å²) in [6, 6.07) is 8.51. The second-order valence-electron chi connectivity index (χ2n) is 6.64. The van der Waals surface area contributed by atoms with Gasteiger partial charge in [0.05, 0.1) is 50.5 Å². The molecule has 0 radical (unpaired) electrons. The summed E-state index contributed by atoms with van der Waals surface area (Å²) in [7, 11) is 4.61. The van der Waals surface area contributed by atoms with Crippen molar-refractivity contribution in [3.63, 3.8) is 0 Å². The number of carbonyl (C=O) groups is 1. The maximum Gasteiger partial charge on any atom is 0.257 e. The van der Waals surface area contributed by atoms with Crippen molar-refractivity contribution in [3.8, 4) is 23.1 Å². The lowest BCUT2D eigenvalue weighted by atomic mass is 10.0. The van der Waals surface area contributed by atoms with Crippen LogP contribution in [0.25, 0.3) is 11.0 Å². The molecule has 0 aliphatic heterocycles. The normalized spacial score (nSPS) is 10.6. The highest BCUT2D eigenvalue weighted by Crippen LogP contribution is 2.28. The molecular weight excluding hydrogens is 412 g/mol. The van der Waals surface area contributed by atoms with Crippen LogP contribution in [0.1, 0.15) is 21.6 Å². The van der Waals surface area contributed by atoms with Crippen LogP contribution in [0.2, 0.25) is 0 Å². The fourth-order valence-corrected chi connectivity index (χ4v) is 3.03. The molecule has 0 aliphatic carbocycles. The Morgan fingerprint density at radius 3 is 2.38 bits per heavy atom. The molecule has 0 unspecified atom stereocenters. The molecule has 0 bridgehead atoms. The fourth-order valence-electron chi connectivity index (χ4n) is 3.03. The minimum Gasteiger partial charge on any atom is -0.495 e. The summed E-state index contributed by atoms with van der Waals surface area (Å²) in [5, 5.41) is 0. The molecule has 0 saturated heterocycles. The Morgan fingerprint density at radius 2 is 1.66 bits per heavy atom. The third kappa shape index (κ3) is 4.27. The smallest absolute Gasteiger partial charge is 0.257 e. The van der Waals surface area contributed by atoms with Crippen molar-refractivity contribution < 1.29 is 23.7 Å². The summed E-state index contributed by atoms with van der Waals surface area (Å²) in [6.45, 7) is 0.182. The van der Waals surface area contributed by atoms with Gasteiger partial charge in [-0.3, -0.25) is 14.8 Å². The second kappa shape index (κ2) is 9.25. The molecule has 0 spiro atoms. The minimum atomic E-state index is -0.260. The Morgan fingerprint density at radius 1 is 0.844 bits per heavy atom. The molecule has 0 saturated carbocycles. The standard InChI is InChI=1S/C23H20N4O5/c1-29-16-5-4-15(25-11-16)13-32-23-20(31-3)8-14(10-27-23)22(28)18-6-7-24-19-9-17(30-2)12-26-21(18)19/h4-12H,13H2,1-3H3. The maximum absolute atomic E-state index is 13.2. The Hall–Kier alpha value is -4.27. The molecule has 32 heavy (non-hydrogen) atoms. The quantitative estimate of drug-likeness (QED) is 0.388. The maximum atomic E-state index is 13.2. The van der Waals surface area contributed by atoms with Gasteiger partial charge in [-0.1, -0.05) is 0 Å². The number of rotatable bonds is 8. The lowest BCUT2D eigenvalue weighted by Gasteiger charge is -2.11. The van der Waals surface area contributed by atoms with Crippen LogP contribution in [0, 0.1) is 0 Å². The van der Waals surface area contributed by atoms with E-state index in [4.69, 9.17) is 18.9 Å². The number of hydrogen-bond donors (Lipinski definition) is 0. The first kappa shape index (κ1) is 21.0. The van der Waals surface area contributed by atoms with E-state index in [0.29, 0.717) is 45.1 Å². The number of fused-ring (bicyclic) bond motifs is 1. The van der Waals surface area contributed by atoms with E-state index in [0.717, 1.165) is 0 Å². The summed E-state index contributed by atoms with van der Waals surface area (Å²) in [4.78, 5) is 30.3. The van der Waals surface area contributed by atoms with Crippen LogP contribution < -0.4 is 18.9 Å². The molecule has 0 aliphatic rings. The molecule has 0 atom stereocenters. The SMILES string of the molecule is COc1ccc(COc2ncc(C(=O)c3ccnc4cc(OC)cnc34)cc2OC)nc1. The van der Waals surface area contributed by atoms with Crippen LogP contribution in [0.5, 0.6) is 23.1 Å². The Bertz CT molecular complexity index is 1260. The first-order valence-corrected chi connectivity index (χ1v) is 9.62. The summed E-state index contributed by atoms with van der Waals surface area (Å²) in [6.07, 6.45) is 6.15. The number of hydrogen-bond acceptors (Lipinski definition) is 9. The molecule has 0 aromatic carbocycles. The van der Waals surface area contributed by atoms with Crippen molar-refractivity contribution in [1.29, 1.82) is 0 Å². The van der Waals surface area contributed by atoms with Crippen molar-refractivity contribution in [2.45, 2.75) is 6.61 Å². The Kier molecular flexibility index (Phi) is 6.07. The molecule has 162 valence electrons. The number of ketones is 1. The minimum absolute atomic E-state index is 0.182. The van der Waals surface area contributed by atoms with E-state index in [2.05, 4.69) is 19.9 Å². The first-order valence-electron chi connectivity index (χ1n) is 9.62. The Labute approximate surface area is 184 Å². The summed E-state index contributed by atoms with van der Waals surface area (Å²) in [5.74, 6) is 1.54.